The molecular formula is C12H9F6N5. The number of rotatable bonds is 3. The van der Waals surface area contributed by atoms with Crippen molar-refractivity contribution in [1.29, 1.82) is 5.26 Å². The highest BCUT2D eigenvalue weighted by Crippen LogP contribution is 2.37. The van der Waals surface area contributed by atoms with Crippen molar-refractivity contribution in [3.8, 4) is 11.8 Å². The Labute approximate surface area is 125 Å². The van der Waals surface area contributed by atoms with Crippen LogP contribution in [0.1, 0.15) is 36.1 Å². The van der Waals surface area contributed by atoms with E-state index in [0.717, 1.165) is 0 Å². The summed E-state index contributed by atoms with van der Waals surface area (Å²) in [7, 11) is 0. The van der Waals surface area contributed by atoms with Crippen molar-refractivity contribution in [2.75, 3.05) is 0 Å². The normalized spacial score (nSPS) is 12.4. The molecule has 0 aliphatic carbocycles. The van der Waals surface area contributed by atoms with Gasteiger partial charge in [0, 0.05) is 0 Å². The van der Waals surface area contributed by atoms with E-state index >= 15 is 0 Å². The molecule has 0 spiro atoms. The molecule has 0 aliphatic rings. The van der Waals surface area contributed by atoms with E-state index in [2.05, 4.69) is 10.2 Å². The molecule has 0 radical (unpaired) electrons. The van der Waals surface area contributed by atoms with Crippen LogP contribution in [0.5, 0.6) is 0 Å². The van der Waals surface area contributed by atoms with Crippen LogP contribution < -0.4 is 0 Å². The molecule has 0 aromatic carbocycles. The first kappa shape index (κ1) is 16.9. The van der Waals surface area contributed by atoms with Crippen LogP contribution >= 0.6 is 0 Å². The lowest BCUT2D eigenvalue weighted by Gasteiger charge is -2.12. The summed E-state index contributed by atoms with van der Waals surface area (Å²) in [5.41, 5.74) is -4.88. The fraction of sp³-hybridized carbons (Fsp3) is 0.417. The second-order valence-electron chi connectivity index (χ2n) is 4.59. The summed E-state index contributed by atoms with van der Waals surface area (Å²) < 4.78 is 78.3. The van der Waals surface area contributed by atoms with Gasteiger partial charge in [0.1, 0.15) is 17.5 Å². The zero-order valence-corrected chi connectivity index (χ0v) is 11.5. The number of halogens is 6. The molecule has 0 unspecified atom stereocenters. The highest BCUT2D eigenvalue weighted by Gasteiger charge is 2.42. The topological polar surface area (TPSA) is 70.3 Å². The molecule has 2 heterocycles. The Morgan fingerprint density at radius 2 is 1.87 bits per heavy atom. The van der Waals surface area contributed by atoms with Gasteiger partial charge in [-0.05, 0) is 12.5 Å². The van der Waals surface area contributed by atoms with Crippen molar-refractivity contribution in [3.63, 3.8) is 0 Å². The van der Waals surface area contributed by atoms with Gasteiger partial charge in [-0.3, -0.25) is 5.10 Å². The molecule has 2 aromatic rings. The highest BCUT2D eigenvalue weighted by molar-refractivity contribution is 5.50. The number of alkyl halides is 6. The number of nitriles is 1. The molecule has 0 saturated heterocycles. The number of nitrogens with one attached hydrogen (secondary N) is 1. The van der Waals surface area contributed by atoms with Crippen molar-refractivity contribution in [3.05, 3.63) is 28.8 Å². The zero-order chi connectivity index (χ0) is 17.4. The van der Waals surface area contributed by atoms with Crippen molar-refractivity contribution in [1.82, 2.24) is 20.0 Å². The second-order valence-corrected chi connectivity index (χ2v) is 4.59. The minimum absolute atomic E-state index is 0.0296. The van der Waals surface area contributed by atoms with E-state index < -0.39 is 35.1 Å². The monoisotopic (exact) mass is 337 g/mol. The maximum Gasteiger partial charge on any atom is 0.435 e. The summed E-state index contributed by atoms with van der Waals surface area (Å²) in [5, 5.41) is 17.1. The maximum absolute atomic E-state index is 13.1. The van der Waals surface area contributed by atoms with Gasteiger partial charge in [0.15, 0.2) is 11.4 Å². The summed E-state index contributed by atoms with van der Waals surface area (Å²) in [5.74, 6) is 0. The molecule has 124 valence electrons. The summed E-state index contributed by atoms with van der Waals surface area (Å²) in [4.78, 5) is 0. The van der Waals surface area contributed by atoms with E-state index in [9.17, 15) is 26.3 Å². The average molecular weight is 337 g/mol. The number of hydrogen-bond donors (Lipinski definition) is 1. The predicted molar refractivity (Wildman–Crippen MR) is 64.4 cm³/mol. The highest BCUT2D eigenvalue weighted by atomic mass is 19.4. The van der Waals surface area contributed by atoms with E-state index in [0.29, 0.717) is 12.5 Å². The van der Waals surface area contributed by atoms with Gasteiger partial charge in [0.05, 0.1) is 5.69 Å². The summed E-state index contributed by atoms with van der Waals surface area (Å²) in [6.45, 7) is 1.69. The van der Waals surface area contributed by atoms with Crippen LogP contribution in [-0.4, -0.2) is 20.0 Å². The molecule has 1 N–H and O–H groups in total. The minimum atomic E-state index is -5.02. The Morgan fingerprint density at radius 3 is 2.35 bits per heavy atom. The number of hydrogen-bond acceptors (Lipinski definition) is 3. The van der Waals surface area contributed by atoms with Crippen LogP contribution in [0.2, 0.25) is 0 Å². The Morgan fingerprint density at radius 1 is 1.22 bits per heavy atom. The molecule has 5 nitrogen and oxygen atoms in total. The third kappa shape index (κ3) is 3.15. The summed E-state index contributed by atoms with van der Waals surface area (Å²) in [6.07, 6.45) is -9.35. The van der Waals surface area contributed by atoms with Gasteiger partial charge in [-0.1, -0.05) is 13.3 Å². The Bertz CT molecular complexity index is 746. The molecule has 0 aliphatic heterocycles. The zero-order valence-electron chi connectivity index (χ0n) is 11.5. The first-order chi connectivity index (χ1) is 10.6. The molecule has 0 bridgehead atoms. The van der Waals surface area contributed by atoms with Crippen LogP contribution in [0, 0.1) is 11.3 Å². The first-order valence-electron chi connectivity index (χ1n) is 6.31. The van der Waals surface area contributed by atoms with Crippen molar-refractivity contribution >= 4 is 0 Å². The number of aromatic amines is 1. The van der Waals surface area contributed by atoms with Gasteiger partial charge in [0.2, 0.25) is 0 Å². The minimum Gasteiger partial charge on any atom is -0.270 e. The third-order valence-corrected chi connectivity index (χ3v) is 2.90. The smallest absolute Gasteiger partial charge is 0.270 e. The van der Waals surface area contributed by atoms with Gasteiger partial charge in [-0.2, -0.15) is 41.8 Å². The van der Waals surface area contributed by atoms with E-state index in [4.69, 9.17) is 5.26 Å². The molecule has 0 saturated carbocycles. The molecule has 2 aromatic heterocycles. The molecule has 0 atom stereocenters. The standard InChI is InChI=1S/C12H9F6N5/c1-2-3-6-4-8(11(13,14)15)23(22-6)9-7(5-19)20-21-10(9)12(16,17)18/h4H,2-3H2,1H3,(H,20,21). The predicted octanol–water partition coefficient (Wildman–Crippen LogP) is 3.46. The van der Waals surface area contributed by atoms with E-state index in [-0.39, 0.29) is 16.8 Å². The van der Waals surface area contributed by atoms with Crippen molar-refractivity contribution in [2.45, 2.75) is 32.1 Å². The van der Waals surface area contributed by atoms with Crippen molar-refractivity contribution < 1.29 is 26.3 Å². The number of nitrogens with zero attached hydrogens (tertiary/aromatic N) is 4. The number of H-pyrrole nitrogens is 1. The largest absolute Gasteiger partial charge is 0.435 e. The molecule has 0 amide bonds. The van der Waals surface area contributed by atoms with Crippen LogP contribution in [0.4, 0.5) is 26.3 Å². The van der Waals surface area contributed by atoms with E-state index in [1.165, 1.54) is 6.07 Å². The molecule has 0 fully saturated rings. The SMILES string of the molecule is CCCc1cc(C(F)(F)F)n(-c2c(C#N)n[nH]c2C(F)(F)F)n1. The van der Waals surface area contributed by atoms with Gasteiger partial charge >= 0.3 is 12.4 Å². The summed E-state index contributed by atoms with van der Waals surface area (Å²) in [6, 6.07) is 2.00. The van der Waals surface area contributed by atoms with Gasteiger partial charge in [0.25, 0.3) is 0 Å². The quantitative estimate of drug-likeness (QED) is 0.872. The lowest BCUT2D eigenvalue weighted by atomic mass is 10.2. The Hall–Kier alpha value is -2.51. The fourth-order valence-corrected chi connectivity index (χ4v) is 2.00. The van der Waals surface area contributed by atoms with Gasteiger partial charge in [-0.25, -0.2) is 4.68 Å². The molecule has 11 heteroatoms. The van der Waals surface area contributed by atoms with E-state index in [1.807, 2.05) is 0 Å². The van der Waals surface area contributed by atoms with E-state index in [1.54, 1.807) is 12.0 Å². The molecule has 2 rings (SSSR count). The van der Waals surface area contributed by atoms with Crippen LogP contribution in [0.25, 0.3) is 5.69 Å². The maximum atomic E-state index is 13.1. The molecule has 23 heavy (non-hydrogen) atoms. The second kappa shape index (κ2) is 5.60. The van der Waals surface area contributed by atoms with Crippen LogP contribution in [0.15, 0.2) is 6.07 Å². The lowest BCUT2D eigenvalue weighted by molar-refractivity contribution is -0.146. The first-order valence-corrected chi connectivity index (χ1v) is 6.31. The molecular weight excluding hydrogens is 328 g/mol. The van der Waals surface area contributed by atoms with Crippen molar-refractivity contribution in [2.24, 2.45) is 0 Å². The number of aromatic nitrogens is 4. The third-order valence-electron chi connectivity index (χ3n) is 2.90. The Balaban J connectivity index is 2.76. The lowest BCUT2D eigenvalue weighted by Crippen LogP contribution is -2.17. The average Bonchev–Trinajstić information content (AvgIpc) is 3.00. The number of aryl methyl sites for hydroxylation is 1. The van der Waals surface area contributed by atoms with Gasteiger partial charge < -0.3 is 0 Å². The van der Waals surface area contributed by atoms with Crippen LogP contribution in [0.3, 0.4) is 0 Å². The van der Waals surface area contributed by atoms with Gasteiger partial charge in [-0.15, -0.1) is 0 Å². The van der Waals surface area contributed by atoms with Crippen LogP contribution in [-0.2, 0) is 18.8 Å². The summed E-state index contributed by atoms with van der Waals surface area (Å²) >= 11 is 0. The fourth-order valence-electron chi connectivity index (χ4n) is 2.00. The Kier molecular flexibility index (Phi) is 4.10.